The van der Waals surface area contributed by atoms with Crippen molar-refractivity contribution in [1.82, 2.24) is 4.90 Å². The molecular weight excluding hydrogens is 254 g/mol. The van der Waals surface area contributed by atoms with Crippen LogP contribution < -0.4 is 0 Å². The van der Waals surface area contributed by atoms with E-state index >= 15 is 0 Å². The van der Waals surface area contributed by atoms with Crippen molar-refractivity contribution in [2.75, 3.05) is 20.3 Å². The molecule has 0 spiro atoms. The normalized spacial score (nSPS) is 34.9. The molecule has 20 heavy (non-hydrogen) atoms. The Kier molecular flexibility index (Phi) is 5.22. The fraction of sp³-hybridized carbons (Fsp3) is 0.812. The second-order valence-electron chi connectivity index (χ2n) is 6.08. The minimum Gasteiger partial charge on any atom is -0.468 e. The van der Waals surface area contributed by atoms with Crippen molar-refractivity contribution in [3.05, 3.63) is 11.6 Å². The van der Waals surface area contributed by atoms with Gasteiger partial charge in [0.1, 0.15) is 12.3 Å². The number of allylic oxidation sites excluding steroid dienone is 2. The molecule has 2 rings (SSSR count). The Hall–Kier alpha value is -0.870. The van der Waals surface area contributed by atoms with Crippen molar-refractivity contribution in [3.8, 4) is 0 Å². The summed E-state index contributed by atoms with van der Waals surface area (Å²) in [5, 5.41) is 0. The van der Waals surface area contributed by atoms with Crippen LogP contribution >= 0.6 is 0 Å². The monoisotopic (exact) mass is 281 g/mol. The van der Waals surface area contributed by atoms with Crippen LogP contribution in [0.1, 0.15) is 40.0 Å². The molecule has 1 saturated heterocycles. The highest BCUT2D eigenvalue weighted by Gasteiger charge is 2.44. The molecule has 4 nitrogen and oxygen atoms in total. The number of hydrogen-bond acceptors (Lipinski definition) is 4. The summed E-state index contributed by atoms with van der Waals surface area (Å²) in [4.78, 5) is 14.1. The van der Waals surface area contributed by atoms with Gasteiger partial charge in [-0.25, -0.2) is 0 Å². The highest BCUT2D eigenvalue weighted by atomic mass is 16.5. The van der Waals surface area contributed by atoms with Crippen LogP contribution in [0.15, 0.2) is 11.6 Å². The van der Waals surface area contributed by atoms with Crippen LogP contribution in [-0.4, -0.2) is 43.4 Å². The van der Waals surface area contributed by atoms with Crippen molar-refractivity contribution in [2.45, 2.75) is 52.3 Å². The van der Waals surface area contributed by atoms with E-state index in [1.54, 1.807) is 0 Å². The van der Waals surface area contributed by atoms with Gasteiger partial charge in [-0.05, 0) is 32.1 Å². The number of rotatable bonds is 4. The first-order chi connectivity index (χ1) is 9.58. The van der Waals surface area contributed by atoms with E-state index < -0.39 is 0 Å². The van der Waals surface area contributed by atoms with Gasteiger partial charge in [-0.1, -0.05) is 25.5 Å². The molecular formula is C16H27NO3. The summed E-state index contributed by atoms with van der Waals surface area (Å²) in [6.07, 6.45) is 5.70. The quantitative estimate of drug-likeness (QED) is 0.586. The molecule has 0 N–H and O–H groups in total. The van der Waals surface area contributed by atoms with Gasteiger partial charge >= 0.3 is 5.97 Å². The van der Waals surface area contributed by atoms with Crippen molar-refractivity contribution in [3.63, 3.8) is 0 Å². The molecule has 2 aliphatic rings. The first-order valence-corrected chi connectivity index (χ1v) is 7.71. The Morgan fingerprint density at radius 1 is 1.55 bits per heavy atom. The first kappa shape index (κ1) is 15.5. The molecule has 1 heterocycles. The Bertz CT molecular complexity index is 380. The molecule has 0 aromatic heterocycles. The van der Waals surface area contributed by atoms with Crippen LogP contribution in [0, 0.1) is 11.8 Å². The van der Waals surface area contributed by atoms with Gasteiger partial charge in [-0.2, -0.15) is 0 Å². The summed E-state index contributed by atoms with van der Waals surface area (Å²) in [5.74, 6) is 0.806. The van der Waals surface area contributed by atoms with Crippen molar-refractivity contribution >= 4 is 5.97 Å². The summed E-state index contributed by atoms with van der Waals surface area (Å²) >= 11 is 0. The number of nitrogens with zero attached hydrogens (tertiary/aromatic N) is 1. The standard InChI is InChI=1S/C16H27NO3/c1-5-8-17-14(16(18)19-4)10-20-15(17)13-7-6-11(2)9-12(13)3/h9,12-15H,5-8,10H2,1-4H3. The third-order valence-corrected chi connectivity index (χ3v) is 4.57. The molecule has 0 amide bonds. The van der Waals surface area contributed by atoms with E-state index in [9.17, 15) is 4.79 Å². The molecule has 0 bridgehead atoms. The highest BCUT2D eigenvalue weighted by molar-refractivity contribution is 5.76. The lowest BCUT2D eigenvalue weighted by Gasteiger charge is -2.36. The molecule has 114 valence electrons. The summed E-state index contributed by atoms with van der Waals surface area (Å²) in [6.45, 7) is 7.94. The number of esters is 1. The second-order valence-corrected chi connectivity index (χ2v) is 6.08. The van der Waals surface area contributed by atoms with Gasteiger partial charge in [0.15, 0.2) is 0 Å². The smallest absolute Gasteiger partial charge is 0.325 e. The molecule has 1 aliphatic heterocycles. The number of carbonyl (C=O) groups excluding carboxylic acids is 1. The third-order valence-electron chi connectivity index (χ3n) is 4.57. The Morgan fingerprint density at radius 2 is 2.30 bits per heavy atom. The molecule has 0 aromatic rings. The maximum absolute atomic E-state index is 11.9. The predicted octanol–water partition coefficient (Wildman–Crippen LogP) is 2.59. The van der Waals surface area contributed by atoms with Crippen LogP contribution in [-0.2, 0) is 14.3 Å². The van der Waals surface area contributed by atoms with Gasteiger partial charge in [-0.3, -0.25) is 9.69 Å². The zero-order valence-electron chi connectivity index (χ0n) is 13.1. The first-order valence-electron chi connectivity index (χ1n) is 7.71. The van der Waals surface area contributed by atoms with E-state index in [4.69, 9.17) is 9.47 Å². The SMILES string of the molecule is CCCN1C(C(=O)OC)COC1C1CCC(C)=CC1C. The van der Waals surface area contributed by atoms with Gasteiger partial charge < -0.3 is 9.47 Å². The fourth-order valence-corrected chi connectivity index (χ4v) is 3.52. The third kappa shape index (κ3) is 3.07. The number of carbonyl (C=O) groups is 1. The van der Waals surface area contributed by atoms with E-state index in [2.05, 4.69) is 31.7 Å². The van der Waals surface area contributed by atoms with Crippen molar-refractivity contribution < 1.29 is 14.3 Å². The van der Waals surface area contributed by atoms with E-state index in [0.717, 1.165) is 25.8 Å². The lowest BCUT2D eigenvalue weighted by atomic mass is 9.80. The molecule has 4 unspecified atom stereocenters. The number of hydrogen-bond donors (Lipinski definition) is 0. The van der Waals surface area contributed by atoms with Gasteiger partial charge in [0, 0.05) is 12.5 Å². The highest BCUT2D eigenvalue weighted by Crippen LogP contribution is 2.36. The predicted molar refractivity (Wildman–Crippen MR) is 78.2 cm³/mol. The van der Waals surface area contributed by atoms with Gasteiger partial charge in [0.05, 0.1) is 13.7 Å². The van der Waals surface area contributed by atoms with Crippen LogP contribution in [0.25, 0.3) is 0 Å². The zero-order chi connectivity index (χ0) is 14.7. The maximum atomic E-state index is 11.9. The summed E-state index contributed by atoms with van der Waals surface area (Å²) in [6, 6.07) is -0.232. The average Bonchev–Trinajstić information content (AvgIpc) is 2.82. The lowest BCUT2D eigenvalue weighted by molar-refractivity contribution is -0.146. The van der Waals surface area contributed by atoms with Crippen LogP contribution in [0.5, 0.6) is 0 Å². The Morgan fingerprint density at radius 3 is 2.90 bits per heavy atom. The largest absolute Gasteiger partial charge is 0.468 e. The topological polar surface area (TPSA) is 38.8 Å². The number of methoxy groups -OCH3 is 1. The molecule has 4 heteroatoms. The molecule has 4 atom stereocenters. The minimum atomic E-state index is -0.232. The second kappa shape index (κ2) is 6.72. The van der Waals surface area contributed by atoms with Gasteiger partial charge in [0.25, 0.3) is 0 Å². The maximum Gasteiger partial charge on any atom is 0.325 e. The van der Waals surface area contributed by atoms with Gasteiger partial charge in [-0.15, -0.1) is 0 Å². The van der Waals surface area contributed by atoms with E-state index in [0.29, 0.717) is 18.4 Å². The van der Waals surface area contributed by atoms with Crippen LogP contribution in [0.2, 0.25) is 0 Å². The van der Waals surface area contributed by atoms with E-state index in [-0.39, 0.29) is 18.2 Å². The summed E-state index contributed by atoms with van der Waals surface area (Å²) < 4.78 is 10.9. The molecule has 0 saturated carbocycles. The van der Waals surface area contributed by atoms with Crippen LogP contribution in [0.3, 0.4) is 0 Å². The number of ether oxygens (including phenoxy) is 2. The van der Waals surface area contributed by atoms with Crippen molar-refractivity contribution in [1.29, 1.82) is 0 Å². The van der Waals surface area contributed by atoms with Crippen LogP contribution in [0.4, 0.5) is 0 Å². The molecule has 1 aliphatic carbocycles. The minimum absolute atomic E-state index is 0.0541. The molecule has 0 radical (unpaired) electrons. The Balaban J connectivity index is 2.12. The average molecular weight is 281 g/mol. The Labute approximate surface area is 122 Å². The lowest BCUT2D eigenvalue weighted by Crippen LogP contribution is -2.47. The molecule has 0 aromatic carbocycles. The zero-order valence-corrected chi connectivity index (χ0v) is 13.1. The fourth-order valence-electron chi connectivity index (χ4n) is 3.52. The van der Waals surface area contributed by atoms with E-state index in [1.165, 1.54) is 12.7 Å². The molecule has 1 fully saturated rings. The van der Waals surface area contributed by atoms with E-state index in [1.807, 2.05) is 0 Å². The summed E-state index contributed by atoms with van der Waals surface area (Å²) in [5.41, 5.74) is 1.47. The van der Waals surface area contributed by atoms with Crippen molar-refractivity contribution in [2.24, 2.45) is 11.8 Å². The summed E-state index contributed by atoms with van der Waals surface area (Å²) in [7, 11) is 1.45. The van der Waals surface area contributed by atoms with Gasteiger partial charge in [0.2, 0.25) is 0 Å².